The highest BCUT2D eigenvalue weighted by atomic mass is 32.1. The summed E-state index contributed by atoms with van der Waals surface area (Å²) in [5, 5.41) is 8.76. The maximum atomic E-state index is 10.4. The summed E-state index contributed by atoms with van der Waals surface area (Å²) in [6.45, 7) is 0. The van der Waals surface area contributed by atoms with Gasteiger partial charge in [-0.2, -0.15) is 0 Å². The minimum atomic E-state index is -1.55. The maximum Gasteiger partial charge on any atom is 0.347 e. The average molecular weight is 198 g/mol. The maximum absolute atomic E-state index is 10.4. The molecule has 0 fully saturated rings. The zero-order chi connectivity index (χ0) is 8.85. The van der Waals surface area contributed by atoms with Crippen LogP contribution in [0.3, 0.4) is 0 Å². The largest absolute Gasteiger partial charge is 0.395 e. The average Bonchev–Trinajstić information content (AvgIpc) is 2.02. The Morgan fingerprint density at radius 2 is 1.91 bits per heavy atom. The Hall–Kier alpha value is -0.400. The van der Waals surface area contributed by atoms with Crippen molar-refractivity contribution in [2.45, 2.75) is 12.5 Å². The van der Waals surface area contributed by atoms with Gasteiger partial charge in [0, 0.05) is 25.8 Å². The lowest BCUT2D eigenvalue weighted by molar-refractivity contribution is -0.148. The molecule has 0 spiro atoms. The first-order valence-corrected chi connectivity index (χ1v) is 3.22. The van der Waals surface area contributed by atoms with E-state index in [0.717, 1.165) is 0 Å². The molecule has 0 radical (unpaired) electrons. The van der Waals surface area contributed by atoms with Crippen molar-refractivity contribution in [1.82, 2.24) is 0 Å². The SMILES string of the molecule is O=C(CC(O)C(=O)OS)OS. The summed E-state index contributed by atoms with van der Waals surface area (Å²) in [6.07, 6.45) is -2.05. The second kappa shape index (κ2) is 5.28. The molecule has 7 heteroatoms. The second-order valence-corrected chi connectivity index (χ2v) is 1.96. The van der Waals surface area contributed by atoms with E-state index in [-0.39, 0.29) is 0 Å². The third kappa shape index (κ3) is 4.12. The second-order valence-electron chi connectivity index (χ2n) is 1.59. The molecular weight excluding hydrogens is 192 g/mol. The van der Waals surface area contributed by atoms with Crippen LogP contribution < -0.4 is 0 Å². The first-order chi connectivity index (χ1) is 5.11. The molecule has 1 unspecified atom stereocenters. The van der Waals surface area contributed by atoms with Crippen LogP contribution in [0.5, 0.6) is 0 Å². The van der Waals surface area contributed by atoms with Gasteiger partial charge in [0.2, 0.25) is 0 Å². The smallest absolute Gasteiger partial charge is 0.347 e. The standard InChI is InChI=1S/C4H6O5S2/c5-2(4(7)9-11)1-3(6)8-10/h2,5,10-11H,1H2. The number of thiol groups is 2. The van der Waals surface area contributed by atoms with Gasteiger partial charge in [0.1, 0.15) is 0 Å². The predicted molar refractivity (Wildman–Crippen MR) is 40.8 cm³/mol. The minimum absolute atomic E-state index is 0.497. The summed E-state index contributed by atoms with van der Waals surface area (Å²) in [6, 6.07) is 0. The summed E-state index contributed by atoms with van der Waals surface area (Å²) in [4.78, 5) is 20.7. The Labute approximate surface area is 73.9 Å². The van der Waals surface area contributed by atoms with Crippen molar-refractivity contribution >= 4 is 37.8 Å². The van der Waals surface area contributed by atoms with Gasteiger partial charge in [-0.1, -0.05) is 0 Å². The van der Waals surface area contributed by atoms with Gasteiger partial charge in [-0.15, -0.1) is 0 Å². The third-order valence-electron chi connectivity index (χ3n) is 0.824. The Kier molecular flexibility index (Phi) is 5.08. The van der Waals surface area contributed by atoms with E-state index < -0.39 is 24.5 Å². The highest BCUT2D eigenvalue weighted by Gasteiger charge is 2.20. The lowest BCUT2D eigenvalue weighted by Crippen LogP contribution is -2.23. The molecule has 0 aliphatic rings. The van der Waals surface area contributed by atoms with Crippen LogP contribution in [-0.2, 0) is 18.0 Å². The fourth-order valence-electron chi connectivity index (χ4n) is 0.339. The number of rotatable bonds is 3. The molecular formula is C4H6O5S2. The monoisotopic (exact) mass is 198 g/mol. The van der Waals surface area contributed by atoms with Crippen molar-refractivity contribution in [1.29, 1.82) is 0 Å². The van der Waals surface area contributed by atoms with Crippen LogP contribution in [0.1, 0.15) is 6.42 Å². The van der Waals surface area contributed by atoms with Crippen LogP contribution in [0.2, 0.25) is 0 Å². The molecule has 0 aromatic carbocycles. The van der Waals surface area contributed by atoms with Gasteiger partial charge in [-0.05, 0) is 0 Å². The van der Waals surface area contributed by atoms with E-state index in [4.69, 9.17) is 5.11 Å². The highest BCUT2D eigenvalue weighted by Crippen LogP contribution is 1.99. The van der Waals surface area contributed by atoms with Crippen molar-refractivity contribution in [2.24, 2.45) is 0 Å². The summed E-state index contributed by atoms with van der Waals surface area (Å²) < 4.78 is 7.71. The topological polar surface area (TPSA) is 72.8 Å². The van der Waals surface area contributed by atoms with E-state index in [1.54, 1.807) is 0 Å². The van der Waals surface area contributed by atoms with Gasteiger partial charge in [0.15, 0.2) is 6.10 Å². The molecule has 64 valence electrons. The Bertz CT molecular complexity index is 159. The molecule has 0 aromatic heterocycles. The summed E-state index contributed by atoms with van der Waals surface area (Å²) >= 11 is 6.28. The highest BCUT2D eigenvalue weighted by molar-refractivity contribution is 7.75. The van der Waals surface area contributed by atoms with E-state index in [2.05, 4.69) is 34.2 Å². The molecule has 0 heterocycles. The molecule has 0 saturated heterocycles. The Balaban J connectivity index is 3.77. The van der Waals surface area contributed by atoms with Crippen LogP contribution in [0.4, 0.5) is 0 Å². The van der Waals surface area contributed by atoms with Gasteiger partial charge in [-0.3, -0.25) is 4.79 Å². The number of hydrogen-bond donors (Lipinski definition) is 3. The summed E-state index contributed by atoms with van der Waals surface area (Å²) in [7, 11) is 0. The molecule has 0 rings (SSSR count). The van der Waals surface area contributed by atoms with Gasteiger partial charge >= 0.3 is 11.9 Å². The van der Waals surface area contributed by atoms with E-state index in [0.29, 0.717) is 0 Å². The molecule has 5 nitrogen and oxygen atoms in total. The molecule has 0 bridgehead atoms. The first-order valence-electron chi connectivity index (χ1n) is 2.49. The minimum Gasteiger partial charge on any atom is -0.395 e. The number of hydrogen-bond acceptors (Lipinski definition) is 7. The van der Waals surface area contributed by atoms with Crippen molar-refractivity contribution in [3.05, 3.63) is 0 Å². The van der Waals surface area contributed by atoms with E-state index in [1.165, 1.54) is 0 Å². The normalized spacial score (nSPS) is 11.9. The van der Waals surface area contributed by atoms with Crippen LogP contribution >= 0.6 is 25.8 Å². The zero-order valence-electron chi connectivity index (χ0n) is 5.26. The number of carbonyl (C=O) groups is 2. The van der Waals surface area contributed by atoms with Crippen LogP contribution in [0, 0.1) is 0 Å². The summed E-state index contributed by atoms with van der Waals surface area (Å²) in [5.41, 5.74) is 0. The van der Waals surface area contributed by atoms with Crippen LogP contribution in [0.25, 0.3) is 0 Å². The van der Waals surface area contributed by atoms with Crippen molar-refractivity contribution in [3.63, 3.8) is 0 Å². The number of carbonyl (C=O) groups excluding carboxylic acids is 2. The quantitative estimate of drug-likeness (QED) is 0.421. The lowest BCUT2D eigenvalue weighted by atomic mass is 10.3. The summed E-state index contributed by atoms with van der Waals surface area (Å²) in [5.74, 6) is -1.83. The first kappa shape index (κ1) is 10.6. The molecule has 0 aromatic rings. The molecule has 0 saturated carbocycles. The zero-order valence-corrected chi connectivity index (χ0v) is 7.05. The Morgan fingerprint density at radius 1 is 1.36 bits per heavy atom. The van der Waals surface area contributed by atoms with Crippen molar-refractivity contribution in [3.8, 4) is 0 Å². The van der Waals surface area contributed by atoms with E-state index >= 15 is 0 Å². The molecule has 11 heavy (non-hydrogen) atoms. The molecule has 0 amide bonds. The fourth-order valence-corrected chi connectivity index (χ4v) is 0.536. The van der Waals surface area contributed by atoms with E-state index in [9.17, 15) is 9.59 Å². The van der Waals surface area contributed by atoms with Gasteiger partial charge < -0.3 is 13.5 Å². The van der Waals surface area contributed by atoms with Gasteiger partial charge in [0.25, 0.3) is 0 Å². The number of aliphatic hydroxyl groups is 1. The fraction of sp³-hybridized carbons (Fsp3) is 0.500. The Morgan fingerprint density at radius 3 is 2.27 bits per heavy atom. The van der Waals surface area contributed by atoms with Gasteiger partial charge in [-0.25, -0.2) is 4.79 Å². The lowest BCUT2D eigenvalue weighted by Gasteiger charge is -2.03. The molecule has 0 aliphatic heterocycles. The van der Waals surface area contributed by atoms with Gasteiger partial charge in [0.05, 0.1) is 6.42 Å². The predicted octanol–water partition coefficient (Wildman–Crippen LogP) is -0.487. The van der Waals surface area contributed by atoms with Crippen molar-refractivity contribution < 1.29 is 23.1 Å². The number of aliphatic hydroxyl groups excluding tert-OH is 1. The molecule has 0 aliphatic carbocycles. The molecule has 1 atom stereocenters. The third-order valence-corrected chi connectivity index (χ3v) is 1.21. The van der Waals surface area contributed by atoms with Crippen molar-refractivity contribution in [2.75, 3.05) is 0 Å². The van der Waals surface area contributed by atoms with Crippen LogP contribution in [-0.4, -0.2) is 23.1 Å². The van der Waals surface area contributed by atoms with Crippen LogP contribution in [0.15, 0.2) is 0 Å². The molecule has 1 N–H and O–H groups in total. The van der Waals surface area contributed by atoms with E-state index in [1.807, 2.05) is 0 Å².